The average Bonchev–Trinajstić information content (AvgIpc) is 3.10. The van der Waals surface area contributed by atoms with Crippen LogP contribution in [0.15, 0.2) is 65.8 Å². The van der Waals surface area contributed by atoms with Gasteiger partial charge in [-0.05, 0) is 5.56 Å². The molecular weight excluding hydrogens is 346 g/mol. The van der Waals surface area contributed by atoms with Crippen LogP contribution < -0.4 is 5.43 Å². The van der Waals surface area contributed by atoms with Gasteiger partial charge in [-0.2, -0.15) is 0 Å². The van der Waals surface area contributed by atoms with Gasteiger partial charge in [0.2, 0.25) is 11.1 Å². The predicted molar refractivity (Wildman–Crippen MR) is 102 cm³/mol. The highest BCUT2D eigenvalue weighted by Gasteiger charge is 2.38. The Labute approximate surface area is 156 Å². The second kappa shape index (κ2) is 6.84. The molecule has 1 aliphatic rings. The van der Waals surface area contributed by atoms with Gasteiger partial charge in [0.25, 0.3) is 0 Å². The highest BCUT2D eigenvalue weighted by molar-refractivity contribution is 8.00. The van der Waals surface area contributed by atoms with Crippen molar-refractivity contribution in [1.82, 2.24) is 19.8 Å². The molecule has 2 heterocycles. The van der Waals surface area contributed by atoms with Gasteiger partial charge in [0.15, 0.2) is 5.82 Å². The van der Waals surface area contributed by atoms with Gasteiger partial charge in [-0.25, -0.2) is 4.68 Å². The fourth-order valence-electron chi connectivity index (χ4n) is 2.98. The molecule has 1 amide bonds. The minimum Gasteiger partial charge on any atom is -0.348 e. The third-order valence-electron chi connectivity index (χ3n) is 4.31. The van der Waals surface area contributed by atoms with E-state index in [1.165, 1.54) is 11.8 Å². The zero-order valence-corrected chi connectivity index (χ0v) is 15.4. The molecule has 132 valence electrons. The van der Waals surface area contributed by atoms with Crippen molar-refractivity contribution in [3.63, 3.8) is 0 Å². The Morgan fingerprint density at radius 3 is 2.35 bits per heavy atom. The van der Waals surface area contributed by atoms with E-state index in [2.05, 4.69) is 15.6 Å². The quantitative estimate of drug-likeness (QED) is 0.773. The van der Waals surface area contributed by atoms with Crippen LogP contribution in [0.1, 0.15) is 11.6 Å². The second-order valence-electron chi connectivity index (χ2n) is 6.30. The highest BCUT2D eigenvalue weighted by atomic mass is 32.2. The van der Waals surface area contributed by atoms with E-state index in [1.807, 2.05) is 65.3 Å². The van der Waals surface area contributed by atoms with Crippen molar-refractivity contribution in [2.75, 3.05) is 19.5 Å². The smallest absolute Gasteiger partial charge is 0.238 e. The lowest BCUT2D eigenvalue weighted by Gasteiger charge is -2.34. The molecule has 1 aliphatic heterocycles. The minimum absolute atomic E-state index is 0.0480. The lowest BCUT2D eigenvalue weighted by molar-refractivity contribution is -0.128. The van der Waals surface area contributed by atoms with Crippen molar-refractivity contribution in [3.8, 4) is 11.4 Å². The Bertz CT molecular complexity index is 910. The summed E-state index contributed by atoms with van der Waals surface area (Å²) < 4.78 is 1.89. The molecule has 7 heteroatoms. The maximum Gasteiger partial charge on any atom is 0.238 e. The monoisotopic (exact) mass is 365 g/mol. The molecule has 0 fully saturated rings. The van der Waals surface area contributed by atoms with E-state index in [0.717, 1.165) is 17.0 Å². The Balaban J connectivity index is 1.77. The van der Waals surface area contributed by atoms with Gasteiger partial charge in [0.05, 0.1) is 6.04 Å². The number of nitrogens with one attached hydrogen (secondary N) is 1. The average molecular weight is 365 g/mol. The fourth-order valence-corrected chi connectivity index (χ4v) is 4.21. The number of aromatic nitrogens is 3. The topological polar surface area (TPSA) is 63.1 Å². The van der Waals surface area contributed by atoms with Crippen LogP contribution in [-0.4, -0.2) is 45.0 Å². The number of thioether (sulfide) groups is 1. The molecule has 26 heavy (non-hydrogen) atoms. The highest BCUT2D eigenvalue weighted by Crippen LogP contribution is 2.38. The van der Waals surface area contributed by atoms with E-state index in [1.54, 1.807) is 19.0 Å². The van der Waals surface area contributed by atoms with E-state index < -0.39 is 0 Å². The van der Waals surface area contributed by atoms with Gasteiger partial charge < -0.3 is 10.3 Å². The van der Waals surface area contributed by atoms with Crippen LogP contribution in [0.3, 0.4) is 0 Å². The zero-order chi connectivity index (χ0) is 18.1. The largest absolute Gasteiger partial charge is 0.348 e. The molecule has 3 aromatic rings. The van der Waals surface area contributed by atoms with Crippen LogP contribution in [0.25, 0.3) is 11.4 Å². The number of carbonyl (C=O) groups is 1. The Kier molecular flexibility index (Phi) is 4.38. The Hall–Kier alpha value is -2.80. The molecule has 2 atom stereocenters. The molecule has 0 saturated carbocycles. The first-order chi connectivity index (χ1) is 12.6. The summed E-state index contributed by atoms with van der Waals surface area (Å²) in [5.74, 6) is 0.789. The number of fused-ring (bicyclic) bond motifs is 1. The third-order valence-corrected chi connectivity index (χ3v) is 5.51. The summed E-state index contributed by atoms with van der Waals surface area (Å²) in [4.78, 5) is 14.4. The van der Waals surface area contributed by atoms with E-state index in [0.29, 0.717) is 5.16 Å². The van der Waals surface area contributed by atoms with Crippen LogP contribution in [0.4, 0.5) is 0 Å². The minimum atomic E-state index is -0.312. The van der Waals surface area contributed by atoms with Gasteiger partial charge in [-0.3, -0.25) is 4.79 Å². The summed E-state index contributed by atoms with van der Waals surface area (Å²) in [7, 11) is 3.55. The first-order valence-electron chi connectivity index (χ1n) is 8.35. The summed E-state index contributed by atoms with van der Waals surface area (Å²) in [6.07, 6.45) is 0. The molecule has 0 saturated heterocycles. The molecule has 1 N–H and O–H groups in total. The molecule has 2 unspecified atom stereocenters. The van der Waals surface area contributed by atoms with Gasteiger partial charge >= 0.3 is 0 Å². The Morgan fingerprint density at radius 1 is 1.04 bits per heavy atom. The van der Waals surface area contributed by atoms with E-state index >= 15 is 0 Å². The third kappa shape index (κ3) is 2.94. The number of rotatable bonds is 3. The molecule has 6 nitrogen and oxygen atoms in total. The van der Waals surface area contributed by atoms with Crippen LogP contribution in [-0.2, 0) is 4.79 Å². The molecule has 4 rings (SSSR count). The molecular formula is C19H19N5OS. The summed E-state index contributed by atoms with van der Waals surface area (Å²) in [5.41, 5.74) is 5.50. The molecule has 1 aromatic heterocycles. The molecule has 0 aliphatic carbocycles. The Morgan fingerprint density at radius 2 is 1.69 bits per heavy atom. The SMILES string of the molecule is CN(C)C(=O)C1Sc2nnc(-c3ccccc3)n2NC1c1ccccc1. The van der Waals surface area contributed by atoms with Crippen LogP contribution >= 0.6 is 11.8 Å². The van der Waals surface area contributed by atoms with Crippen LogP contribution in [0, 0.1) is 0 Å². The summed E-state index contributed by atoms with van der Waals surface area (Å²) in [5, 5.41) is 9.01. The van der Waals surface area contributed by atoms with E-state index in [-0.39, 0.29) is 17.2 Å². The lowest BCUT2D eigenvalue weighted by Crippen LogP contribution is -2.43. The molecule has 0 spiro atoms. The summed E-state index contributed by atoms with van der Waals surface area (Å²) in [6, 6.07) is 19.7. The van der Waals surface area contributed by atoms with Crippen molar-refractivity contribution in [1.29, 1.82) is 0 Å². The van der Waals surface area contributed by atoms with Crippen molar-refractivity contribution in [2.45, 2.75) is 16.4 Å². The lowest BCUT2D eigenvalue weighted by atomic mass is 10.0. The fraction of sp³-hybridized carbons (Fsp3) is 0.211. The van der Waals surface area contributed by atoms with Gasteiger partial charge in [-0.1, -0.05) is 72.4 Å². The first kappa shape index (κ1) is 16.7. The zero-order valence-electron chi connectivity index (χ0n) is 14.5. The van der Waals surface area contributed by atoms with Gasteiger partial charge in [-0.15, -0.1) is 10.2 Å². The van der Waals surface area contributed by atoms with Crippen LogP contribution in [0.2, 0.25) is 0 Å². The van der Waals surface area contributed by atoms with Gasteiger partial charge in [0, 0.05) is 19.7 Å². The molecule has 0 radical (unpaired) electrons. The maximum atomic E-state index is 12.8. The van der Waals surface area contributed by atoms with Crippen LogP contribution in [0.5, 0.6) is 0 Å². The number of nitrogens with zero attached hydrogens (tertiary/aromatic N) is 4. The number of amides is 1. The van der Waals surface area contributed by atoms with Crippen molar-refractivity contribution >= 4 is 17.7 Å². The summed E-state index contributed by atoms with van der Waals surface area (Å²) >= 11 is 1.45. The van der Waals surface area contributed by atoms with Crippen molar-refractivity contribution in [3.05, 3.63) is 66.2 Å². The number of benzene rings is 2. The predicted octanol–water partition coefficient (Wildman–Crippen LogP) is 2.79. The normalized spacial score (nSPS) is 18.7. The van der Waals surface area contributed by atoms with E-state index in [9.17, 15) is 4.79 Å². The van der Waals surface area contributed by atoms with Crippen molar-refractivity contribution in [2.24, 2.45) is 0 Å². The standard InChI is InChI=1S/C19H19N5OS/c1-23(2)18(25)16-15(13-9-5-3-6-10-13)22-24-17(20-21-19(24)26-16)14-11-7-4-8-12-14/h3-12,15-16,22H,1-2H3. The maximum absolute atomic E-state index is 12.8. The molecule has 2 aromatic carbocycles. The summed E-state index contributed by atoms with van der Waals surface area (Å²) in [6.45, 7) is 0. The number of hydrogen-bond acceptors (Lipinski definition) is 5. The van der Waals surface area contributed by atoms with Crippen molar-refractivity contribution < 1.29 is 4.79 Å². The number of carbonyl (C=O) groups excluding carboxylic acids is 1. The second-order valence-corrected chi connectivity index (χ2v) is 7.40. The van der Waals surface area contributed by atoms with Gasteiger partial charge in [0.1, 0.15) is 5.25 Å². The van der Waals surface area contributed by atoms with E-state index in [4.69, 9.17) is 0 Å². The first-order valence-corrected chi connectivity index (χ1v) is 9.23. The molecule has 0 bridgehead atoms. The number of hydrogen-bond donors (Lipinski definition) is 1.